The standard InChI is InChI=1S/C31H35N3O5S/c1-22(2)18-33-21-28(35)31(34(30(33)38)20-27-9-6-16-40-27)14-15-32(19-23(31)17-29(36)37)24-10-12-26(13-11-24)39-25-7-4-3-5-8-25/h3-13,16,22-23H,14-15,17-21H2,1-2H3,(H,36,37). The molecule has 2 aliphatic rings. The first-order valence-corrected chi connectivity index (χ1v) is 14.6. The minimum Gasteiger partial charge on any atom is -0.481 e. The highest BCUT2D eigenvalue weighted by Crippen LogP contribution is 2.43. The summed E-state index contributed by atoms with van der Waals surface area (Å²) in [5, 5.41) is 11.9. The third-order valence-electron chi connectivity index (χ3n) is 7.76. The Morgan fingerprint density at radius 1 is 1.05 bits per heavy atom. The molecule has 40 heavy (non-hydrogen) atoms. The monoisotopic (exact) mass is 561 g/mol. The summed E-state index contributed by atoms with van der Waals surface area (Å²) in [5.74, 6) is 0.0533. The number of anilines is 1. The van der Waals surface area contributed by atoms with Gasteiger partial charge in [0.2, 0.25) is 0 Å². The van der Waals surface area contributed by atoms with Crippen LogP contribution in [0.2, 0.25) is 0 Å². The van der Waals surface area contributed by atoms with Crippen molar-refractivity contribution in [2.24, 2.45) is 11.8 Å². The molecule has 1 aromatic heterocycles. The van der Waals surface area contributed by atoms with E-state index >= 15 is 0 Å². The van der Waals surface area contributed by atoms with Gasteiger partial charge in [0.1, 0.15) is 17.0 Å². The summed E-state index contributed by atoms with van der Waals surface area (Å²) >= 11 is 1.53. The van der Waals surface area contributed by atoms with Gasteiger partial charge >= 0.3 is 12.0 Å². The molecule has 0 saturated carbocycles. The quantitative estimate of drug-likeness (QED) is 0.358. The highest BCUT2D eigenvalue weighted by molar-refractivity contribution is 7.09. The van der Waals surface area contributed by atoms with Crippen LogP contribution in [0.25, 0.3) is 0 Å². The second-order valence-electron chi connectivity index (χ2n) is 11.0. The molecular formula is C31H35N3O5S. The first-order chi connectivity index (χ1) is 19.3. The van der Waals surface area contributed by atoms with Crippen LogP contribution in [0.1, 0.15) is 31.6 Å². The minimum absolute atomic E-state index is 0.0135. The number of ether oxygens (including phenoxy) is 1. The number of para-hydroxylation sites is 1. The van der Waals surface area contributed by atoms with Crippen LogP contribution in [-0.4, -0.2) is 64.4 Å². The van der Waals surface area contributed by atoms with Crippen molar-refractivity contribution >= 4 is 34.8 Å². The fraction of sp³-hybridized carbons (Fsp3) is 0.387. The maximum Gasteiger partial charge on any atom is 0.321 e. The lowest BCUT2D eigenvalue weighted by Crippen LogP contribution is -2.73. The Hall–Kier alpha value is -3.85. The van der Waals surface area contributed by atoms with Crippen LogP contribution in [0.3, 0.4) is 0 Å². The maximum absolute atomic E-state index is 14.0. The van der Waals surface area contributed by atoms with Crippen molar-refractivity contribution in [3.8, 4) is 11.5 Å². The average molecular weight is 562 g/mol. The largest absolute Gasteiger partial charge is 0.481 e. The molecule has 0 bridgehead atoms. The van der Waals surface area contributed by atoms with Crippen LogP contribution < -0.4 is 9.64 Å². The van der Waals surface area contributed by atoms with Crippen LogP contribution in [0.4, 0.5) is 10.5 Å². The molecule has 2 atom stereocenters. The molecule has 2 saturated heterocycles. The number of hydrogen-bond acceptors (Lipinski definition) is 6. The highest BCUT2D eigenvalue weighted by atomic mass is 32.1. The van der Waals surface area contributed by atoms with Crippen LogP contribution in [0.15, 0.2) is 72.1 Å². The van der Waals surface area contributed by atoms with Gasteiger partial charge < -0.3 is 24.5 Å². The Morgan fingerprint density at radius 2 is 1.77 bits per heavy atom. The number of aliphatic carboxylic acids is 1. The lowest BCUT2D eigenvalue weighted by Gasteiger charge is -2.56. The van der Waals surface area contributed by atoms with Crippen LogP contribution in [0, 0.1) is 11.8 Å². The summed E-state index contributed by atoms with van der Waals surface area (Å²) in [5.41, 5.74) is -0.244. The van der Waals surface area contributed by atoms with Crippen molar-refractivity contribution in [3.05, 3.63) is 77.0 Å². The zero-order valence-corrected chi connectivity index (χ0v) is 23.7. The second-order valence-corrected chi connectivity index (χ2v) is 12.0. The number of nitrogens with zero attached hydrogens (tertiary/aromatic N) is 3. The number of carbonyl (C=O) groups is 3. The molecule has 3 heterocycles. The summed E-state index contributed by atoms with van der Waals surface area (Å²) in [6.45, 7) is 5.71. The summed E-state index contributed by atoms with van der Waals surface area (Å²) in [6, 6.07) is 20.9. The van der Waals surface area contributed by atoms with Gasteiger partial charge in [0, 0.05) is 36.1 Å². The molecule has 210 valence electrons. The molecule has 1 N–H and O–H groups in total. The number of amides is 2. The van der Waals surface area contributed by atoms with Crippen molar-refractivity contribution in [2.45, 2.75) is 38.8 Å². The van der Waals surface area contributed by atoms with E-state index in [4.69, 9.17) is 4.74 Å². The number of carboxylic acid groups (broad SMARTS) is 1. The van der Waals surface area contributed by atoms with Gasteiger partial charge in [-0.1, -0.05) is 38.1 Å². The van der Waals surface area contributed by atoms with E-state index in [2.05, 4.69) is 4.90 Å². The Morgan fingerprint density at radius 3 is 2.42 bits per heavy atom. The minimum atomic E-state index is -1.17. The zero-order chi connectivity index (χ0) is 28.3. The van der Waals surface area contributed by atoms with E-state index in [0.29, 0.717) is 38.3 Å². The predicted octanol–water partition coefficient (Wildman–Crippen LogP) is 5.74. The number of rotatable bonds is 9. The Balaban J connectivity index is 1.43. The van der Waals surface area contributed by atoms with Crippen molar-refractivity contribution < 1.29 is 24.2 Å². The van der Waals surface area contributed by atoms with E-state index in [1.807, 2.05) is 86.0 Å². The third kappa shape index (κ3) is 5.70. The van der Waals surface area contributed by atoms with Crippen LogP contribution in [0.5, 0.6) is 11.5 Å². The van der Waals surface area contributed by atoms with E-state index < -0.39 is 17.4 Å². The molecule has 2 fully saturated rings. The normalized spacial score (nSPS) is 21.4. The molecule has 8 nitrogen and oxygen atoms in total. The molecule has 9 heteroatoms. The number of carboxylic acids is 1. The number of hydrogen-bond donors (Lipinski definition) is 1. The van der Waals surface area contributed by atoms with Gasteiger partial charge in [0.15, 0.2) is 5.78 Å². The van der Waals surface area contributed by atoms with Gasteiger partial charge in [0.25, 0.3) is 0 Å². The van der Waals surface area contributed by atoms with E-state index in [1.54, 1.807) is 9.80 Å². The summed E-state index contributed by atoms with van der Waals surface area (Å²) in [7, 11) is 0. The number of carbonyl (C=O) groups excluding carboxylic acids is 2. The lowest BCUT2D eigenvalue weighted by molar-refractivity contribution is -0.146. The van der Waals surface area contributed by atoms with Crippen LogP contribution >= 0.6 is 11.3 Å². The van der Waals surface area contributed by atoms with Crippen molar-refractivity contribution in [3.63, 3.8) is 0 Å². The van der Waals surface area contributed by atoms with Gasteiger partial charge in [-0.2, -0.15) is 0 Å². The summed E-state index contributed by atoms with van der Waals surface area (Å²) in [4.78, 5) is 46.5. The molecule has 0 radical (unpaired) electrons. The molecule has 0 aliphatic carbocycles. The van der Waals surface area contributed by atoms with Gasteiger partial charge in [0.05, 0.1) is 19.5 Å². The fourth-order valence-electron chi connectivity index (χ4n) is 5.99. The van der Waals surface area contributed by atoms with Crippen LogP contribution in [-0.2, 0) is 16.1 Å². The van der Waals surface area contributed by atoms with Gasteiger partial charge in [-0.25, -0.2) is 4.79 Å². The lowest BCUT2D eigenvalue weighted by atomic mass is 9.70. The first-order valence-electron chi connectivity index (χ1n) is 13.7. The predicted molar refractivity (Wildman–Crippen MR) is 155 cm³/mol. The molecule has 2 amide bonds. The van der Waals surface area contributed by atoms with Gasteiger partial charge in [-0.3, -0.25) is 9.59 Å². The molecule has 5 rings (SSSR count). The first kappa shape index (κ1) is 27.7. The fourth-order valence-corrected chi connectivity index (χ4v) is 6.68. The molecular weight excluding hydrogens is 526 g/mol. The second kappa shape index (κ2) is 11.7. The maximum atomic E-state index is 14.0. The summed E-state index contributed by atoms with van der Waals surface area (Å²) in [6.07, 6.45) is 0.175. The Labute approximate surface area is 238 Å². The number of piperidine rings is 1. The molecule has 2 aliphatic heterocycles. The number of ketones is 1. The number of thiophene rings is 1. The highest BCUT2D eigenvalue weighted by Gasteiger charge is 2.58. The van der Waals surface area contributed by atoms with Crippen molar-refractivity contribution in [1.29, 1.82) is 0 Å². The van der Waals surface area contributed by atoms with E-state index in [9.17, 15) is 19.5 Å². The Kier molecular flexibility index (Phi) is 8.12. The Bertz CT molecular complexity index is 1330. The van der Waals surface area contributed by atoms with Gasteiger partial charge in [-0.05, 0) is 60.2 Å². The smallest absolute Gasteiger partial charge is 0.321 e. The topological polar surface area (TPSA) is 90.4 Å². The molecule has 3 aromatic rings. The molecule has 2 unspecified atom stereocenters. The van der Waals surface area contributed by atoms with Gasteiger partial charge in [-0.15, -0.1) is 11.3 Å². The molecule has 2 aromatic carbocycles. The number of Topliss-reactive ketones (excluding diaryl/α,β-unsaturated/α-hetero) is 1. The van der Waals surface area contributed by atoms with Crippen molar-refractivity contribution in [1.82, 2.24) is 9.80 Å². The zero-order valence-electron chi connectivity index (χ0n) is 22.9. The number of benzene rings is 2. The summed E-state index contributed by atoms with van der Waals surface area (Å²) < 4.78 is 5.92. The SMILES string of the molecule is CC(C)CN1CC(=O)C2(CCN(c3ccc(Oc4ccccc4)cc3)CC2CC(=O)O)N(Cc2cccs2)C1=O. The van der Waals surface area contributed by atoms with Crippen molar-refractivity contribution in [2.75, 3.05) is 31.1 Å². The van der Waals surface area contributed by atoms with E-state index in [-0.39, 0.29) is 30.7 Å². The van der Waals surface area contributed by atoms with E-state index in [1.165, 1.54) is 11.3 Å². The molecule has 1 spiro atoms. The average Bonchev–Trinajstić information content (AvgIpc) is 3.44. The number of urea groups is 1. The third-order valence-corrected chi connectivity index (χ3v) is 8.62. The van der Waals surface area contributed by atoms with E-state index in [0.717, 1.165) is 16.3 Å².